The smallest absolute Gasteiger partial charge is 0.243 e. The number of nitrogen functional groups attached to an aromatic ring is 1. The fourth-order valence-electron chi connectivity index (χ4n) is 3.17. The van der Waals surface area contributed by atoms with Crippen molar-refractivity contribution in [3.8, 4) is 0 Å². The minimum Gasteiger partial charge on any atom is -0.393 e. The van der Waals surface area contributed by atoms with Crippen molar-refractivity contribution < 1.29 is 8.42 Å². The Morgan fingerprint density at radius 2 is 1.55 bits per heavy atom. The zero-order chi connectivity index (χ0) is 22.6. The lowest BCUT2D eigenvalue weighted by Gasteiger charge is -2.18. The number of sulfonamides is 1. The molecule has 0 radical (unpaired) electrons. The maximum atomic E-state index is 12.6. The van der Waals surface area contributed by atoms with Crippen molar-refractivity contribution in [2.45, 2.75) is 32.6 Å². The molecule has 0 aliphatic carbocycles. The van der Waals surface area contributed by atoms with Crippen molar-refractivity contribution in [3.05, 3.63) is 59.9 Å². The van der Waals surface area contributed by atoms with Gasteiger partial charge in [0, 0.05) is 24.5 Å². The van der Waals surface area contributed by atoms with Gasteiger partial charge < -0.3 is 16.4 Å². The quantitative estimate of drug-likeness (QED) is 0.481. The molecule has 0 unspecified atom stereocenters. The summed E-state index contributed by atoms with van der Waals surface area (Å²) < 4.78 is 26.7. The molecule has 0 saturated heterocycles. The summed E-state index contributed by atoms with van der Waals surface area (Å²) in [6, 6.07) is 12.5. The predicted molar refractivity (Wildman–Crippen MR) is 125 cm³/mol. The minimum atomic E-state index is -3.50. The van der Waals surface area contributed by atoms with Gasteiger partial charge in [-0.15, -0.1) is 0 Å². The van der Waals surface area contributed by atoms with Gasteiger partial charge in [0.15, 0.2) is 11.6 Å². The molecular weight excluding hydrogens is 412 g/mol. The zero-order valence-corrected chi connectivity index (χ0v) is 19.0. The normalized spacial score (nSPS) is 11.5. The number of nitrogens with two attached hydrogens (primary N) is 1. The van der Waals surface area contributed by atoms with Crippen molar-refractivity contribution in [3.63, 3.8) is 0 Å². The lowest BCUT2D eigenvalue weighted by atomic mass is 10.1. The second-order valence-corrected chi connectivity index (χ2v) is 9.03. The van der Waals surface area contributed by atoms with E-state index in [4.69, 9.17) is 5.73 Å². The summed E-state index contributed by atoms with van der Waals surface area (Å²) in [5.41, 5.74) is 10.5. The highest BCUT2D eigenvalue weighted by Crippen LogP contribution is 2.30. The Kier molecular flexibility index (Phi) is 6.77. The number of nitrogens with one attached hydrogen (secondary N) is 2. The van der Waals surface area contributed by atoms with Crippen molar-refractivity contribution in [1.29, 1.82) is 0 Å². The number of aryl methyl sites for hydroxylation is 1. The first-order valence-corrected chi connectivity index (χ1v) is 11.5. The van der Waals surface area contributed by atoms with E-state index in [1.165, 1.54) is 10.6 Å². The Labute approximate surface area is 183 Å². The molecule has 164 valence electrons. The third-order valence-corrected chi connectivity index (χ3v) is 7.27. The Hall–Kier alpha value is -3.17. The molecule has 0 aliphatic heterocycles. The third-order valence-electron chi connectivity index (χ3n) is 5.20. The number of nitrogens with zero attached hydrogens (tertiary/aromatic N) is 3. The van der Waals surface area contributed by atoms with E-state index in [1.807, 2.05) is 45.9 Å². The van der Waals surface area contributed by atoms with Gasteiger partial charge in [-0.2, -0.15) is 4.31 Å². The van der Waals surface area contributed by atoms with Crippen LogP contribution in [0.5, 0.6) is 0 Å². The Morgan fingerprint density at radius 3 is 2.16 bits per heavy atom. The molecular formula is C22H28N6O2S. The topological polar surface area (TPSA) is 113 Å². The maximum absolute atomic E-state index is 12.6. The summed E-state index contributed by atoms with van der Waals surface area (Å²) in [4.78, 5) is 8.73. The second-order valence-electron chi connectivity index (χ2n) is 7.10. The molecule has 0 saturated carbocycles. The Morgan fingerprint density at radius 1 is 0.935 bits per heavy atom. The summed E-state index contributed by atoms with van der Waals surface area (Å²) in [6.07, 6.45) is 1.42. The molecule has 0 amide bonds. The monoisotopic (exact) mass is 440 g/mol. The molecule has 0 aliphatic rings. The molecule has 31 heavy (non-hydrogen) atoms. The molecule has 1 aromatic heterocycles. The van der Waals surface area contributed by atoms with E-state index >= 15 is 0 Å². The van der Waals surface area contributed by atoms with Gasteiger partial charge in [-0.3, -0.25) is 0 Å². The summed E-state index contributed by atoms with van der Waals surface area (Å²) in [7, 11) is -3.50. The van der Waals surface area contributed by atoms with Crippen LogP contribution in [-0.2, 0) is 10.0 Å². The number of rotatable bonds is 8. The fourth-order valence-corrected chi connectivity index (χ4v) is 4.63. The molecule has 2 aromatic carbocycles. The predicted octanol–water partition coefficient (Wildman–Crippen LogP) is 4.19. The van der Waals surface area contributed by atoms with Gasteiger partial charge in [-0.25, -0.2) is 18.4 Å². The van der Waals surface area contributed by atoms with Gasteiger partial charge >= 0.3 is 0 Å². The number of benzene rings is 2. The van der Waals surface area contributed by atoms with E-state index in [9.17, 15) is 8.42 Å². The van der Waals surface area contributed by atoms with Crippen molar-refractivity contribution in [1.82, 2.24) is 14.3 Å². The van der Waals surface area contributed by atoms with Crippen LogP contribution in [0.1, 0.15) is 25.0 Å². The van der Waals surface area contributed by atoms with Crippen LogP contribution in [0.3, 0.4) is 0 Å². The molecule has 9 heteroatoms. The standard InChI is InChI=1S/C22H28N6O2S/c1-5-28(6-2)31(29,30)18-12-10-17(11-13-18)26-21-20(23)22(25-14-24-21)27-19-9-7-8-15(3)16(19)4/h7-14H,5-6,23H2,1-4H3,(H2,24,25,26,27). The van der Waals surface area contributed by atoms with E-state index in [2.05, 4.69) is 20.6 Å². The van der Waals surface area contributed by atoms with Gasteiger partial charge in [-0.1, -0.05) is 26.0 Å². The molecule has 8 nitrogen and oxygen atoms in total. The van der Waals surface area contributed by atoms with E-state index in [1.54, 1.807) is 24.3 Å². The molecule has 0 fully saturated rings. The van der Waals surface area contributed by atoms with Gasteiger partial charge in [-0.05, 0) is 55.3 Å². The van der Waals surface area contributed by atoms with Gasteiger partial charge in [0.05, 0.1) is 4.90 Å². The van der Waals surface area contributed by atoms with Crippen LogP contribution in [0.25, 0.3) is 0 Å². The SMILES string of the molecule is CCN(CC)S(=O)(=O)c1ccc(Nc2ncnc(Nc3cccc(C)c3C)c2N)cc1. The van der Waals surface area contributed by atoms with Crippen LogP contribution in [0, 0.1) is 13.8 Å². The number of hydrogen-bond acceptors (Lipinski definition) is 7. The van der Waals surface area contributed by atoms with E-state index in [0.717, 1.165) is 16.8 Å². The molecule has 0 bridgehead atoms. The largest absolute Gasteiger partial charge is 0.393 e. The van der Waals surface area contributed by atoms with Crippen LogP contribution in [0.15, 0.2) is 53.7 Å². The molecule has 3 aromatic rings. The lowest BCUT2D eigenvalue weighted by Crippen LogP contribution is -2.30. The second kappa shape index (κ2) is 9.32. The van der Waals surface area contributed by atoms with Crippen LogP contribution in [-0.4, -0.2) is 35.8 Å². The summed E-state index contributed by atoms with van der Waals surface area (Å²) in [5.74, 6) is 0.925. The maximum Gasteiger partial charge on any atom is 0.243 e. The summed E-state index contributed by atoms with van der Waals surface area (Å²) in [5, 5.41) is 6.40. The Balaban J connectivity index is 1.82. The van der Waals surface area contributed by atoms with Crippen LogP contribution >= 0.6 is 0 Å². The molecule has 0 spiro atoms. The number of aromatic nitrogens is 2. The van der Waals surface area contributed by atoms with E-state index in [-0.39, 0.29) is 4.90 Å². The number of hydrogen-bond donors (Lipinski definition) is 3. The van der Waals surface area contributed by atoms with Crippen LogP contribution in [0.2, 0.25) is 0 Å². The Bertz CT molecular complexity index is 1160. The van der Waals surface area contributed by atoms with E-state index in [0.29, 0.717) is 36.1 Å². The van der Waals surface area contributed by atoms with Gasteiger partial charge in [0.25, 0.3) is 0 Å². The average molecular weight is 441 g/mol. The van der Waals surface area contributed by atoms with Gasteiger partial charge in [0.2, 0.25) is 10.0 Å². The number of anilines is 5. The molecule has 4 N–H and O–H groups in total. The average Bonchev–Trinajstić information content (AvgIpc) is 2.75. The zero-order valence-electron chi connectivity index (χ0n) is 18.2. The van der Waals surface area contributed by atoms with Crippen LogP contribution < -0.4 is 16.4 Å². The van der Waals surface area contributed by atoms with Crippen molar-refractivity contribution in [2.75, 3.05) is 29.5 Å². The molecule has 0 atom stereocenters. The highest BCUT2D eigenvalue weighted by molar-refractivity contribution is 7.89. The molecule has 1 heterocycles. The fraction of sp³-hybridized carbons (Fsp3) is 0.273. The summed E-state index contributed by atoms with van der Waals surface area (Å²) >= 11 is 0. The highest BCUT2D eigenvalue weighted by atomic mass is 32.2. The van der Waals surface area contributed by atoms with Crippen LogP contribution in [0.4, 0.5) is 28.7 Å². The summed E-state index contributed by atoms with van der Waals surface area (Å²) in [6.45, 7) is 8.55. The van der Waals surface area contributed by atoms with Gasteiger partial charge in [0.1, 0.15) is 12.0 Å². The minimum absolute atomic E-state index is 0.245. The first kappa shape index (κ1) is 22.5. The first-order valence-electron chi connectivity index (χ1n) is 10.1. The van der Waals surface area contributed by atoms with Crippen molar-refractivity contribution >= 4 is 38.7 Å². The first-order chi connectivity index (χ1) is 14.8. The third kappa shape index (κ3) is 4.78. The van der Waals surface area contributed by atoms with Crippen molar-refractivity contribution in [2.24, 2.45) is 0 Å². The molecule has 3 rings (SSSR count). The lowest BCUT2D eigenvalue weighted by molar-refractivity contribution is 0.445. The highest BCUT2D eigenvalue weighted by Gasteiger charge is 2.21. The van der Waals surface area contributed by atoms with E-state index < -0.39 is 10.0 Å².